The van der Waals surface area contributed by atoms with E-state index < -0.39 is 0 Å². The molecule has 1 heterocycles. The van der Waals surface area contributed by atoms with Crippen LogP contribution in [-0.4, -0.2) is 10.9 Å². The fraction of sp³-hybridized carbons (Fsp3) is 0.182. The summed E-state index contributed by atoms with van der Waals surface area (Å²) in [5, 5.41) is 3.62. The number of nitrogens with zero attached hydrogens (tertiary/aromatic N) is 1. The minimum Gasteiger partial charge on any atom is -0.345 e. The molecular formula is C22H19ClN2O. The summed E-state index contributed by atoms with van der Waals surface area (Å²) in [7, 11) is 0. The van der Waals surface area contributed by atoms with E-state index in [1.54, 1.807) is 18.5 Å². The molecule has 1 unspecified atom stereocenters. The smallest absolute Gasteiger partial charge is 0.253 e. The molecule has 1 amide bonds. The normalized spacial score (nSPS) is 16.0. The van der Waals surface area contributed by atoms with Crippen molar-refractivity contribution in [2.24, 2.45) is 0 Å². The Morgan fingerprint density at radius 3 is 2.65 bits per heavy atom. The first kappa shape index (κ1) is 16.8. The molecule has 1 atom stereocenters. The average molecular weight is 363 g/mol. The molecule has 2 aromatic carbocycles. The zero-order valence-corrected chi connectivity index (χ0v) is 15.0. The summed E-state index contributed by atoms with van der Waals surface area (Å²) >= 11 is 6.42. The van der Waals surface area contributed by atoms with Gasteiger partial charge in [0.2, 0.25) is 0 Å². The van der Waals surface area contributed by atoms with Gasteiger partial charge in [0, 0.05) is 12.4 Å². The Labute approximate surface area is 158 Å². The van der Waals surface area contributed by atoms with Crippen LogP contribution in [0.5, 0.6) is 0 Å². The SMILES string of the molecule is O=C(NC1CCCc2ccccc21)c1ccc(-c2ccncc2)cc1Cl. The minimum atomic E-state index is -0.127. The second-order valence-corrected chi connectivity index (χ2v) is 6.95. The molecule has 3 nitrogen and oxygen atoms in total. The second kappa shape index (κ2) is 7.30. The number of pyridine rings is 1. The summed E-state index contributed by atoms with van der Waals surface area (Å²) in [5.74, 6) is -0.127. The first-order chi connectivity index (χ1) is 12.7. The lowest BCUT2D eigenvalue weighted by Gasteiger charge is -2.26. The van der Waals surface area contributed by atoms with Crippen LogP contribution in [0.2, 0.25) is 5.02 Å². The molecule has 4 heteroatoms. The summed E-state index contributed by atoms with van der Waals surface area (Å²) in [4.78, 5) is 16.8. The molecule has 26 heavy (non-hydrogen) atoms. The number of nitrogens with one attached hydrogen (secondary N) is 1. The van der Waals surface area contributed by atoms with Gasteiger partial charge in [-0.1, -0.05) is 41.9 Å². The fourth-order valence-corrected chi connectivity index (χ4v) is 3.83. The van der Waals surface area contributed by atoms with E-state index in [1.165, 1.54) is 11.1 Å². The van der Waals surface area contributed by atoms with Crippen molar-refractivity contribution in [3.8, 4) is 11.1 Å². The Bertz CT molecular complexity index is 940. The zero-order chi connectivity index (χ0) is 17.9. The molecule has 1 N–H and O–H groups in total. The lowest BCUT2D eigenvalue weighted by atomic mass is 9.87. The first-order valence-electron chi connectivity index (χ1n) is 8.81. The minimum absolute atomic E-state index is 0.0448. The fourth-order valence-electron chi connectivity index (χ4n) is 3.56. The highest BCUT2D eigenvalue weighted by Crippen LogP contribution is 2.31. The zero-order valence-electron chi connectivity index (χ0n) is 14.3. The highest BCUT2D eigenvalue weighted by Gasteiger charge is 2.22. The highest BCUT2D eigenvalue weighted by molar-refractivity contribution is 6.34. The maximum atomic E-state index is 12.8. The number of hydrogen-bond donors (Lipinski definition) is 1. The Morgan fingerprint density at radius 2 is 1.85 bits per heavy atom. The predicted octanol–water partition coefficient (Wildman–Crippen LogP) is 5.21. The van der Waals surface area contributed by atoms with Crippen LogP contribution in [0, 0.1) is 0 Å². The number of amides is 1. The third-order valence-corrected chi connectivity index (χ3v) is 5.21. The van der Waals surface area contributed by atoms with E-state index in [2.05, 4.69) is 28.5 Å². The molecule has 0 radical (unpaired) electrons. The van der Waals surface area contributed by atoms with Crippen molar-refractivity contribution in [2.75, 3.05) is 0 Å². The molecule has 0 aliphatic heterocycles. The van der Waals surface area contributed by atoms with E-state index >= 15 is 0 Å². The Balaban J connectivity index is 1.56. The van der Waals surface area contributed by atoms with Crippen molar-refractivity contribution in [3.63, 3.8) is 0 Å². The Morgan fingerprint density at radius 1 is 1.04 bits per heavy atom. The van der Waals surface area contributed by atoms with Crippen LogP contribution in [0.15, 0.2) is 67.0 Å². The van der Waals surface area contributed by atoms with Gasteiger partial charge in [-0.05, 0) is 65.8 Å². The number of halogens is 1. The summed E-state index contributed by atoms with van der Waals surface area (Å²) in [6, 6.07) is 17.8. The van der Waals surface area contributed by atoms with E-state index in [-0.39, 0.29) is 11.9 Å². The molecule has 0 saturated heterocycles. The lowest BCUT2D eigenvalue weighted by molar-refractivity contribution is 0.0933. The Hall–Kier alpha value is -2.65. The van der Waals surface area contributed by atoms with Crippen molar-refractivity contribution in [3.05, 3.63) is 88.7 Å². The molecule has 0 saturated carbocycles. The molecule has 0 spiro atoms. The van der Waals surface area contributed by atoms with E-state index in [4.69, 9.17) is 11.6 Å². The molecule has 130 valence electrons. The first-order valence-corrected chi connectivity index (χ1v) is 9.19. The van der Waals surface area contributed by atoms with Gasteiger partial charge >= 0.3 is 0 Å². The number of carbonyl (C=O) groups excluding carboxylic acids is 1. The molecule has 0 bridgehead atoms. The van der Waals surface area contributed by atoms with Gasteiger partial charge in [-0.15, -0.1) is 0 Å². The standard InChI is InChI=1S/C22H19ClN2O/c23-20-14-17(15-10-12-24-13-11-15)8-9-19(20)22(26)25-21-7-3-5-16-4-1-2-6-18(16)21/h1-2,4,6,8-14,21H,3,5,7H2,(H,25,26). The van der Waals surface area contributed by atoms with Crippen molar-refractivity contribution in [1.29, 1.82) is 0 Å². The largest absolute Gasteiger partial charge is 0.345 e. The molecule has 1 aliphatic rings. The highest BCUT2D eigenvalue weighted by atomic mass is 35.5. The number of aryl methyl sites for hydroxylation is 1. The van der Waals surface area contributed by atoms with Crippen LogP contribution >= 0.6 is 11.6 Å². The number of carbonyl (C=O) groups is 1. The topological polar surface area (TPSA) is 42.0 Å². The van der Waals surface area contributed by atoms with Crippen LogP contribution in [0.4, 0.5) is 0 Å². The van der Waals surface area contributed by atoms with Crippen LogP contribution in [-0.2, 0) is 6.42 Å². The Kier molecular flexibility index (Phi) is 4.72. The maximum absolute atomic E-state index is 12.8. The van der Waals surface area contributed by atoms with Gasteiger partial charge in [-0.25, -0.2) is 0 Å². The molecule has 3 aromatic rings. The van der Waals surface area contributed by atoms with Gasteiger partial charge in [0.25, 0.3) is 5.91 Å². The van der Waals surface area contributed by atoms with E-state index in [0.29, 0.717) is 10.6 Å². The van der Waals surface area contributed by atoms with Gasteiger partial charge in [-0.2, -0.15) is 0 Å². The van der Waals surface area contributed by atoms with Gasteiger partial charge in [0.1, 0.15) is 0 Å². The summed E-state index contributed by atoms with van der Waals surface area (Å²) < 4.78 is 0. The predicted molar refractivity (Wildman–Crippen MR) is 104 cm³/mol. The van der Waals surface area contributed by atoms with Crippen molar-refractivity contribution >= 4 is 17.5 Å². The van der Waals surface area contributed by atoms with Crippen LogP contribution < -0.4 is 5.32 Å². The quantitative estimate of drug-likeness (QED) is 0.695. The molecule has 1 aliphatic carbocycles. The molecule has 1 aromatic heterocycles. The average Bonchev–Trinajstić information content (AvgIpc) is 2.69. The van der Waals surface area contributed by atoms with Crippen LogP contribution in [0.1, 0.15) is 40.4 Å². The summed E-state index contributed by atoms with van der Waals surface area (Å²) in [6.45, 7) is 0. The van der Waals surface area contributed by atoms with E-state index in [0.717, 1.165) is 30.4 Å². The molecule has 0 fully saturated rings. The monoisotopic (exact) mass is 362 g/mol. The summed E-state index contributed by atoms with van der Waals surface area (Å²) in [5.41, 5.74) is 5.04. The van der Waals surface area contributed by atoms with Crippen molar-refractivity contribution < 1.29 is 4.79 Å². The number of aromatic nitrogens is 1. The van der Waals surface area contributed by atoms with Gasteiger partial charge in [0.15, 0.2) is 0 Å². The van der Waals surface area contributed by atoms with Crippen LogP contribution in [0.25, 0.3) is 11.1 Å². The third-order valence-electron chi connectivity index (χ3n) is 4.90. The second-order valence-electron chi connectivity index (χ2n) is 6.55. The van der Waals surface area contributed by atoms with Gasteiger partial charge < -0.3 is 5.32 Å². The maximum Gasteiger partial charge on any atom is 0.253 e. The molecular weight excluding hydrogens is 344 g/mol. The van der Waals surface area contributed by atoms with E-state index in [9.17, 15) is 4.79 Å². The van der Waals surface area contributed by atoms with Gasteiger partial charge in [-0.3, -0.25) is 9.78 Å². The summed E-state index contributed by atoms with van der Waals surface area (Å²) in [6.07, 6.45) is 6.59. The van der Waals surface area contributed by atoms with Crippen molar-refractivity contribution in [2.45, 2.75) is 25.3 Å². The van der Waals surface area contributed by atoms with E-state index in [1.807, 2.05) is 30.3 Å². The third kappa shape index (κ3) is 3.35. The number of fused-ring (bicyclic) bond motifs is 1. The molecule has 4 rings (SSSR count). The van der Waals surface area contributed by atoms with Crippen molar-refractivity contribution in [1.82, 2.24) is 10.3 Å². The van der Waals surface area contributed by atoms with Crippen LogP contribution in [0.3, 0.4) is 0 Å². The van der Waals surface area contributed by atoms with Gasteiger partial charge in [0.05, 0.1) is 16.6 Å². The number of benzene rings is 2. The number of hydrogen-bond acceptors (Lipinski definition) is 2. The number of rotatable bonds is 3. The lowest BCUT2D eigenvalue weighted by Crippen LogP contribution is -2.31.